The molecule has 0 spiro atoms. The van der Waals surface area contributed by atoms with Crippen LogP contribution < -0.4 is 5.73 Å². The maximum absolute atomic E-state index is 6.69. The molecule has 1 heterocycles. The molecule has 1 aromatic heterocycles. The summed E-state index contributed by atoms with van der Waals surface area (Å²) in [5, 5.41) is 4.53. The Kier molecular flexibility index (Phi) is 3.81. The largest absolute Gasteiger partial charge is 0.325 e. The number of aromatic nitrogens is 2. The average molecular weight is 249 g/mol. The van der Waals surface area contributed by atoms with E-state index in [1.807, 2.05) is 0 Å². The van der Waals surface area contributed by atoms with Gasteiger partial charge in [-0.05, 0) is 51.0 Å². The minimum Gasteiger partial charge on any atom is -0.325 e. The van der Waals surface area contributed by atoms with Crippen molar-refractivity contribution in [2.24, 2.45) is 17.6 Å². The maximum atomic E-state index is 6.69. The van der Waals surface area contributed by atoms with Gasteiger partial charge in [0, 0.05) is 24.2 Å². The Morgan fingerprint density at radius 1 is 1.50 bits per heavy atom. The van der Waals surface area contributed by atoms with E-state index >= 15 is 0 Å². The fourth-order valence-corrected chi connectivity index (χ4v) is 3.33. The third kappa shape index (κ3) is 2.61. The van der Waals surface area contributed by atoms with Gasteiger partial charge in [-0.1, -0.05) is 13.8 Å². The molecule has 3 atom stereocenters. The van der Waals surface area contributed by atoms with Crippen molar-refractivity contribution in [1.82, 2.24) is 9.78 Å². The lowest BCUT2D eigenvalue weighted by atomic mass is 9.68. The summed E-state index contributed by atoms with van der Waals surface area (Å²) >= 11 is 0. The Balaban J connectivity index is 2.16. The zero-order valence-electron chi connectivity index (χ0n) is 12.2. The maximum Gasteiger partial charge on any atom is 0.0596 e. The van der Waals surface area contributed by atoms with Gasteiger partial charge in [0.2, 0.25) is 0 Å². The average Bonchev–Trinajstić information content (AvgIpc) is 2.65. The lowest BCUT2D eigenvalue weighted by Crippen LogP contribution is -2.51. The zero-order valence-corrected chi connectivity index (χ0v) is 12.2. The minimum absolute atomic E-state index is 0.0358. The van der Waals surface area contributed by atoms with Crippen molar-refractivity contribution in [3.63, 3.8) is 0 Å². The van der Waals surface area contributed by atoms with Crippen LogP contribution in [0.1, 0.15) is 51.4 Å². The monoisotopic (exact) mass is 249 g/mol. The molecule has 1 aliphatic carbocycles. The summed E-state index contributed by atoms with van der Waals surface area (Å²) in [6, 6.07) is 2.20. The molecule has 1 aromatic rings. The fourth-order valence-electron chi connectivity index (χ4n) is 3.33. The molecule has 0 radical (unpaired) electrons. The normalized spacial score (nSPS) is 32.7. The van der Waals surface area contributed by atoms with Crippen molar-refractivity contribution >= 4 is 0 Å². The first-order chi connectivity index (χ1) is 8.44. The summed E-state index contributed by atoms with van der Waals surface area (Å²) in [5.74, 6) is 1.43. The quantitative estimate of drug-likeness (QED) is 0.895. The Morgan fingerprint density at radius 2 is 2.22 bits per heavy atom. The van der Waals surface area contributed by atoms with E-state index in [-0.39, 0.29) is 5.54 Å². The van der Waals surface area contributed by atoms with Crippen LogP contribution in [-0.4, -0.2) is 15.3 Å². The van der Waals surface area contributed by atoms with Gasteiger partial charge in [0.25, 0.3) is 0 Å². The van der Waals surface area contributed by atoms with Gasteiger partial charge in [-0.25, -0.2) is 0 Å². The van der Waals surface area contributed by atoms with Crippen molar-refractivity contribution in [1.29, 1.82) is 0 Å². The van der Waals surface area contributed by atoms with Crippen LogP contribution in [0.5, 0.6) is 0 Å². The molecule has 3 nitrogen and oxygen atoms in total. The van der Waals surface area contributed by atoms with E-state index in [2.05, 4.69) is 43.5 Å². The van der Waals surface area contributed by atoms with E-state index in [0.29, 0.717) is 5.92 Å². The van der Waals surface area contributed by atoms with Crippen LogP contribution >= 0.6 is 0 Å². The first-order valence-corrected chi connectivity index (χ1v) is 7.27. The molecule has 1 saturated carbocycles. The molecule has 0 bridgehead atoms. The number of aryl methyl sites for hydroxylation is 2. The second-order valence-corrected chi connectivity index (χ2v) is 6.28. The highest BCUT2D eigenvalue weighted by Gasteiger charge is 2.37. The fraction of sp³-hybridized carbons (Fsp3) is 0.800. The molecule has 0 amide bonds. The smallest absolute Gasteiger partial charge is 0.0596 e. The Labute approximate surface area is 111 Å². The molecule has 3 heteroatoms. The van der Waals surface area contributed by atoms with Crippen molar-refractivity contribution in [3.05, 3.63) is 17.5 Å². The van der Waals surface area contributed by atoms with E-state index in [1.54, 1.807) is 0 Å². The molecule has 0 aliphatic heterocycles. The topological polar surface area (TPSA) is 43.8 Å². The van der Waals surface area contributed by atoms with Crippen LogP contribution in [0.4, 0.5) is 0 Å². The third-order valence-corrected chi connectivity index (χ3v) is 4.64. The van der Waals surface area contributed by atoms with Crippen LogP contribution in [0.25, 0.3) is 0 Å². The van der Waals surface area contributed by atoms with Gasteiger partial charge in [-0.15, -0.1) is 0 Å². The molecular formula is C15H27N3. The second kappa shape index (κ2) is 5.04. The highest BCUT2D eigenvalue weighted by Crippen LogP contribution is 2.37. The summed E-state index contributed by atoms with van der Waals surface area (Å²) in [4.78, 5) is 0. The van der Waals surface area contributed by atoms with E-state index in [1.165, 1.54) is 18.5 Å². The van der Waals surface area contributed by atoms with Crippen LogP contribution in [0.15, 0.2) is 6.07 Å². The van der Waals surface area contributed by atoms with E-state index in [9.17, 15) is 0 Å². The van der Waals surface area contributed by atoms with Gasteiger partial charge < -0.3 is 5.73 Å². The lowest BCUT2D eigenvalue weighted by molar-refractivity contribution is 0.161. The number of hydrogen-bond acceptors (Lipinski definition) is 2. The molecule has 18 heavy (non-hydrogen) atoms. The molecule has 0 saturated heterocycles. The van der Waals surface area contributed by atoms with Gasteiger partial charge in [-0.2, -0.15) is 5.10 Å². The van der Waals surface area contributed by atoms with Crippen molar-refractivity contribution in [2.45, 2.75) is 65.5 Å². The number of rotatable bonds is 3. The second-order valence-electron chi connectivity index (χ2n) is 6.28. The van der Waals surface area contributed by atoms with Crippen molar-refractivity contribution < 1.29 is 0 Å². The van der Waals surface area contributed by atoms with Gasteiger partial charge in [0.15, 0.2) is 0 Å². The third-order valence-electron chi connectivity index (χ3n) is 4.64. The summed E-state index contributed by atoms with van der Waals surface area (Å²) in [6.45, 7) is 9.80. The van der Waals surface area contributed by atoms with Gasteiger partial charge in [0.05, 0.1) is 5.69 Å². The lowest BCUT2D eigenvalue weighted by Gasteiger charge is -2.42. The SMILES string of the molecule is CCn1nc(C)cc1CC1(N)CCC(C)CC1C. The molecule has 2 N–H and O–H groups in total. The summed E-state index contributed by atoms with van der Waals surface area (Å²) in [5.41, 5.74) is 9.06. The van der Waals surface area contributed by atoms with E-state index in [4.69, 9.17) is 5.73 Å². The Morgan fingerprint density at radius 3 is 2.83 bits per heavy atom. The van der Waals surface area contributed by atoms with Gasteiger partial charge >= 0.3 is 0 Å². The Hall–Kier alpha value is -0.830. The molecule has 102 valence electrons. The van der Waals surface area contributed by atoms with Crippen LogP contribution in [0.2, 0.25) is 0 Å². The van der Waals surface area contributed by atoms with E-state index in [0.717, 1.165) is 31.0 Å². The number of nitrogens with two attached hydrogens (primary N) is 1. The standard InChI is InChI=1S/C15H27N3/c1-5-18-14(9-13(4)17-18)10-15(16)7-6-11(2)8-12(15)3/h9,11-12H,5-8,10,16H2,1-4H3. The van der Waals surface area contributed by atoms with Crippen molar-refractivity contribution in [2.75, 3.05) is 0 Å². The molecule has 3 unspecified atom stereocenters. The predicted molar refractivity (Wildman–Crippen MR) is 75.4 cm³/mol. The predicted octanol–water partition coefficient (Wildman–Crippen LogP) is 2.91. The highest BCUT2D eigenvalue weighted by molar-refractivity contribution is 5.14. The highest BCUT2D eigenvalue weighted by atomic mass is 15.3. The zero-order chi connectivity index (χ0) is 13.3. The molecule has 0 aromatic carbocycles. The van der Waals surface area contributed by atoms with Gasteiger partial charge in [0.1, 0.15) is 0 Å². The first-order valence-electron chi connectivity index (χ1n) is 7.27. The molecule has 1 fully saturated rings. The first kappa shape index (κ1) is 13.6. The summed E-state index contributed by atoms with van der Waals surface area (Å²) in [7, 11) is 0. The Bertz CT molecular complexity index is 410. The van der Waals surface area contributed by atoms with E-state index < -0.39 is 0 Å². The van der Waals surface area contributed by atoms with Crippen LogP contribution in [0, 0.1) is 18.8 Å². The van der Waals surface area contributed by atoms with Crippen molar-refractivity contribution in [3.8, 4) is 0 Å². The molecular weight excluding hydrogens is 222 g/mol. The van der Waals surface area contributed by atoms with Gasteiger partial charge in [-0.3, -0.25) is 4.68 Å². The number of hydrogen-bond donors (Lipinski definition) is 1. The molecule has 2 rings (SSSR count). The van der Waals surface area contributed by atoms with Crippen LogP contribution in [-0.2, 0) is 13.0 Å². The van der Waals surface area contributed by atoms with Crippen LogP contribution in [0.3, 0.4) is 0 Å². The minimum atomic E-state index is -0.0358. The summed E-state index contributed by atoms with van der Waals surface area (Å²) < 4.78 is 2.11. The number of nitrogens with zero attached hydrogens (tertiary/aromatic N) is 2. The summed E-state index contributed by atoms with van der Waals surface area (Å²) in [6.07, 6.45) is 4.63. The molecule has 1 aliphatic rings.